The number of non-ortho nitro benzene ring substituents is 1. The van der Waals surface area contributed by atoms with Crippen LogP contribution in [-0.2, 0) is 4.74 Å². The minimum atomic E-state index is -0.405. The predicted molar refractivity (Wildman–Crippen MR) is 75.0 cm³/mol. The minimum Gasteiger partial charge on any atom is -0.475 e. The van der Waals surface area contributed by atoms with E-state index in [9.17, 15) is 10.1 Å². The van der Waals surface area contributed by atoms with Gasteiger partial charge in [0.15, 0.2) is 0 Å². The van der Waals surface area contributed by atoms with E-state index < -0.39 is 4.92 Å². The lowest BCUT2D eigenvalue weighted by molar-refractivity contribution is -0.384. The van der Waals surface area contributed by atoms with Gasteiger partial charge in [0.2, 0.25) is 5.90 Å². The van der Waals surface area contributed by atoms with E-state index in [1.807, 2.05) is 0 Å². The van der Waals surface area contributed by atoms with Crippen LogP contribution >= 0.6 is 0 Å². The molecule has 6 heteroatoms. The van der Waals surface area contributed by atoms with Crippen LogP contribution in [0.25, 0.3) is 0 Å². The van der Waals surface area contributed by atoms with E-state index in [4.69, 9.17) is 4.74 Å². The van der Waals surface area contributed by atoms with Crippen molar-refractivity contribution in [1.82, 2.24) is 4.90 Å². The van der Waals surface area contributed by atoms with Crippen molar-refractivity contribution in [1.29, 1.82) is 0 Å². The van der Waals surface area contributed by atoms with Crippen LogP contribution < -0.4 is 0 Å². The van der Waals surface area contributed by atoms with Crippen LogP contribution in [0.1, 0.15) is 18.4 Å². The summed E-state index contributed by atoms with van der Waals surface area (Å²) in [6.45, 7) is 3.84. The first-order valence-electron chi connectivity index (χ1n) is 6.90. The normalized spacial score (nSPS) is 22.6. The highest BCUT2D eigenvalue weighted by molar-refractivity contribution is 5.95. The van der Waals surface area contributed by atoms with Gasteiger partial charge in [-0.15, -0.1) is 0 Å². The Bertz CT molecular complexity index is 521. The number of nitro groups is 1. The smallest absolute Gasteiger partial charge is 0.269 e. The molecule has 0 unspecified atom stereocenters. The Kier molecular flexibility index (Phi) is 3.64. The monoisotopic (exact) mass is 275 g/mol. The zero-order valence-electron chi connectivity index (χ0n) is 11.2. The number of ether oxygens (including phenoxy) is 1. The number of hydrogen-bond acceptors (Lipinski definition) is 5. The molecule has 1 atom stereocenters. The Hall–Kier alpha value is -1.95. The van der Waals surface area contributed by atoms with Gasteiger partial charge in [0, 0.05) is 24.2 Å². The summed E-state index contributed by atoms with van der Waals surface area (Å²) < 4.78 is 5.62. The van der Waals surface area contributed by atoms with Crippen LogP contribution in [0.4, 0.5) is 5.69 Å². The third-order valence-corrected chi connectivity index (χ3v) is 3.70. The molecular weight excluding hydrogens is 258 g/mol. The standard InChI is InChI=1S/C14H17N3O3/c18-17(19)13-5-3-11(4-6-13)14-15-12(10-20-14)9-16-7-1-2-8-16/h3-6,12H,1-2,7-10H2/t12-/m0/s1. The Morgan fingerprint density at radius 1 is 1.30 bits per heavy atom. The highest BCUT2D eigenvalue weighted by atomic mass is 16.6. The fourth-order valence-corrected chi connectivity index (χ4v) is 2.66. The molecule has 1 fully saturated rings. The summed E-state index contributed by atoms with van der Waals surface area (Å²) in [4.78, 5) is 17.2. The molecule has 0 aliphatic carbocycles. The van der Waals surface area contributed by atoms with Gasteiger partial charge in [0.1, 0.15) is 12.6 Å². The molecule has 1 saturated heterocycles. The second-order valence-electron chi connectivity index (χ2n) is 5.21. The van der Waals surface area contributed by atoms with Gasteiger partial charge >= 0.3 is 0 Å². The molecule has 106 valence electrons. The molecule has 0 saturated carbocycles. The first-order chi connectivity index (χ1) is 9.72. The van der Waals surface area contributed by atoms with Crippen molar-refractivity contribution in [3.63, 3.8) is 0 Å². The number of likely N-dealkylation sites (tertiary alicyclic amines) is 1. The molecule has 1 aromatic rings. The summed E-state index contributed by atoms with van der Waals surface area (Å²) in [6.07, 6.45) is 2.54. The Balaban J connectivity index is 1.66. The lowest BCUT2D eigenvalue weighted by Crippen LogP contribution is -2.29. The fourth-order valence-electron chi connectivity index (χ4n) is 2.66. The van der Waals surface area contributed by atoms with Gasteiger partial charge in [-0.05, 0) is 38.1 Å². The quantitative estimate of drug-likeness (QED) is 0.621. The average molecular weight is 275 g/mol. The molecule has 3 rings (SSSR count). The van der Waals surface area contributed by atoms with Gasteiger partial charge in [0.05, 0.1) is 4.92 Å². The Morgan fingerprint density at radius 2 is 2.00 bits per heavy atom. The van der Waals surface area contributed by atoms with Crippen LogP contribution in [0, 0.1) is 10.1 Å². The largest absolute Gasteiger partial charge is 0.475 e. The van der Waals surface area contributed by atoms with E-state index >= 15 is 0 Å². The van der Waals surface area contributed by atoms with E-state index in [-0.39, 0.29) is 11.7 Å². The Labute approximate surface area is 117 Å². The number of aliphatic imine (C=N–C) groups is 1. The second kappa shape index (κ2) is 5.58. The lowest BCUT2D eigenvalue weighted by atomic mass is 10.2. The predicted octanol–water partition coefficient (Wildman–Crippen LogP) is 1.84. The molecular formula is C14H17N3O3. The van der Waals surface area contributed by atoms with Crippen LogP contribution in [0.5, 0.6) is 0 Å². The van der Waals surface area contributed by atoms with Gasteiger partial charge < -0.3 is 9.64 Å². The molecule has 0 aromatic heterocycles. The molecule has 2 aliphatic rings. The van der Waals surface area contributed by atoms with Gasteiger partial charge in [-0.25, -0.2) is 4.99 Å². The number of nitrogens with zero attached hydrogens (tertiary/aromatic N) is 3. The third kappa shape index (κ3) is 2.80. The lowest BCUT2D eigenvalue weighted by Gasteiger charge is -2.16. The van der Waals surface area contributed by atoms with E-state index in [1.165, 1.54) is 25.0 Å². The zero-order chi connectivity index (χ0) is 13.9. The van der Waals surface area contributed by atoms with Gasteiger partial charge in [-0.2, -0.15) is 0 Å². The summed E-state index contributed by atoms with van der Waals surface area (Å²) in [6, 6.07) is 6.52. The van der Waals surface area contributed by atoms with E-state index in [0.29, 0.717) is 12.5 Å². The van der Waals surface area contributed by atoms with Crippen molar-refractivity contribution < 1.29 is 9.66 Å². The number of hydrogen-bond donors (Lipinski definition) is 0. The number of benzene rings is 1. The second-order valence-corrected chi connectivity index (χ2v) is 5.21. The topological polar surface area (TPSA) is 68.0 Å². The molecule has 0 N–H and O–H groups in total. The van der Waals surface area contributed by atoms with Crippen molar-refractivity contribution in [2.45, 2.75) is 18.9 Å². The molecule has 0 spiro atoms. The van der Waals surface area contributed by atoms with Gasteiger partial charge in [-0.3, -0.25) is 10.1 Å². The molecule has 6 nitrogen and oxygen atoms in total. The fraction of sp³-hybridized carbons (Fsp3) is 0.500. The molecule has 2 aliphatic heterocycles. The molecule has 20 heavy (non-hydrogen) atoms. The molecule has 1 aromatic carbocycles. The van der Waals surface area contributed by atoms with Crippen molar-refractivity contribution >= 4 is 11.6 Å². The van der Waals surface area contributed by atoms with Crippen LogP contribution in [0.3, 0.4) is 0 Å². The van der Waals surface area contributed by atoms with E-state index in [2.05, 4.69) is 9.89 Å². The zero-order valence-corrected chi connectivity index (χ0v) is 11.2. The first-order valence-corrected chi connectivity index (χ1v) is 6.90. The number of nitro benzene ring substituents is 1. The van der Waals surface area contributed by atoms with Crippen molar-refractivity contribution in [3.8, 4) is 0 Å². The van der Waals surface area contributed by atoms with Crippen LogP contribution in [-0.4, -0.2) is 48.0 Å². The van der Waals surface area contributed by atoms with Gasteiger partial charge in [-0.1, -0.05) is 0 Å². The highest BCUT2D eigenvalue weighted by Crippen LogP contribution is 2.18. The molecule has 0 amide bonds. The van der Waals surface area contributed by atoms with Crippen molar-refractivity contribution in [2.75, 3.05) is 26.2 Å². The van der Waals surface area contributed by atoms with Crippen molar-refractivity contribution in [3.05, 3.63) is 39.9 Å². The summed E-state index contributed by atoms with van der Waals surface area (Å²) in [5.41, 5.74) is 0.889. The maximum absolute atomic E-state index is 10.6. The SMILES string of the molecule is O=[N+]([O-])c1ccc(C2=N[C@@H](CN3CCCC3)CO2)cc1. The Morgan fingerprint density at radius 3 is 2.65 bits per heavy atom. The van der Waals surface area contributed by atoms with Crippen molar-refractivity contribution in [2.24, 2.45) is 4.99 Å². The average Bonchev–Trinajstić information content (AvgIpc) is 3.11. The highest BCUT2D eigenvalue weighted by Gasteiger charge is 2.24. The van der Waals surface area contributed by atoms with Crippen LogP contribution in [0.15, 0.2) is 29.3 Å². The third-order valence-electron chi connectivity index (χ3n) is 3.70. The van der Waals surface area contributed by atoms with Gasteiger partial charge in [0.25, 0.3) is 5.69 Å². The van der Waals surface area contributed by atoms with E-state index in [0.717, 1.165) is 25.2 Å². The first kappa shape index (κ1) is 13.1. The number of rotatable bonds is 4. The summed E-state index contributed by atoms with van der Waals surface area (Å²) in [7, 11) is 0. The van der Waals surface area contributed by atoms with E-state index in [1.54, 1.807) is 12.1 Å². The summed E-state index contributed by atoms with van der Waals surface area (Å²) in [5, 5.41) is 10.6. The summed E-state index contributed by atoms with van der Waals surface area (Å²) >= 11 is 0. The molecule has 0 radical (unpaired) electrons. The molecule has 0 bridgehead atoms. The van der Waals surface area contributed by atoms with Crippen LogP contribution in [0.2, 0.25) is 0 Å². The minimum absolute atomic E-state index is 0.0842. The maximum Gasteiger partial charge on any atom is 0.269 e. The maximum atomic E-state index is 10.6. The summed E-state index contributed by atoms with van der Waals surface area (Å²) in [5.74, 6) is 0.601. The molecule has 2 heterocycles.